The molecule has 0 N–H and O–H groups in total. The van der Waals surface area contributed by atoms with Crippen molar-refractivity contribution in [3.8, 4) is 0 Å². The van der Waals surface area contributed by atoms with E-state index in [0.29, 0.717) is 0 Å². The minimum Gasteiger partial charge on any atom is -0.450 e. The number of hydrogen-bond acceptors (Lipinski definition) is 9. The number of benzene rings is 3. The SMILES string of the molecule is CC(C)[C@@H]1OC(=O)[C@@H](Cc2ccccc2)N(C)C(=O)[C@H](C(C)C)OC(=O)[C@@H](Cc2ccccc2)N(C)C(=O)[C@H](C(C)C)OC(=O)[C@@H](Cc2ccccc2)N(C)C1=O. The zero-order valence-electron chi connectivity index (χ0n) is 34.5. The molecule has 0 aliphatic carbocycles. The van der Waals surface area contributed by atoms with E-state index in [0.717, 1.165) is 16.7 Å². The smallest absolute Gasteiger partial charge is 0.329 e. The molecule has 0 aromatic heterocycles. The zero-order valence-corrected chi connectivity index (χ0v) is 34.5. The summed E-state index contributed by atoms with van der Waals surface area (Å²) in [6.07, 6.45) is -3.99. The molecule has 1 saturated heterocycles. The molecule has 0 saturated carbocycles. The lowest BCUT2D eigenvalue weighted by Crippen LogP contribution is -2.56. The van der Waals surface area contributed by atoms with Gasteiger partial charge in [-0.1, -0.05) is 133 Å². The summed E-state index contributed by atoms with van der Waals surface area (Å²) in [4.78, 5) is 89.9. The summed E-state index contributed by atoms with van der Waals surface area (Å²) < 4.78 is 18.1. The Morgan fingerprint density at radius 2 is 0.614 bits per heavy atom. The molecule has 6 atom stereocenters. The quantitative estimate of drug-likeness (QED) is 0.219. The molecule has 3 amide bonds. The van der Waals surface area contributed by atoms with Crippen molar-refractivity contribution in [1.82, 2.24) is 14.7 Å². The second-order valence-corrected chi connectivity index (χ2v) is 15.8. The molecular weight excluding hydrogens is 727 g/mol. The van der Waals surface area contributed by atoms with Gasteiger partial charge in [-0.3, -0.25) is 14.4 Å². The topological polar surface area (TPSA) is 140 Å². The van der Waals surface area contributed by atoms with Crippen LogP contribution in [0.15, 0.2) is 91.0 Å². The average molecular weight is 784 g/mol. The Bertz CT molecular complexity index is 1620. The standard InChI is InChI=1S/C45H57N3O9/c1-28(2)37-40(49)46(7)35(26-32-21-15-11-16-22-32)44(53)56-39(30(5)6)42(51)48(9)36(27-33-23-17-12-18-24-33)45(54)57-38(29(3)4)41(50)47(8)34(43(52)55-37)25-31-19-13-10-14-20-31/h10-24,28-30,34-39H,25-27H2,1-9H3/t34-,35-,36-,37+,38+,39+/m1/s1. The van der Waals surface area contributed by atoms with E-state index in [4.69, 9.17) is 14.2 Å². The summed E-state index contributed by atoms with van der Waals surface area (Å²) in [5.41, 5.74) is 2.16. The summed E-state index contributed by atoms with van der Waals surface area (Å²) in [7, 11) is 4.31. The average Bonchev–Trinajstić information content (AvgIpc) is 3.19. The Morgan fingerprint density at radius 3 is 0.807 bits per heavy atom. The molecule has 1 aliphatic rings. The van der Waals surface area contributed by atoms with Crippen molar-refractivity contribution in [2.75, 3.05) is 21.1 Å². The van der Waals surface area contributed by atoms with E-state index in [2.05, 4.69) is 0 Å². The predicted molar refractivity (Wildman–Crippen MR) is 214 cm³/mol. The molecule has 0 unspecified atom stereocenters. The first-order valence-corrected chi connectivity index (χ1v) is 19.5. The van der Waals surface area contributed by atoms with Gasteiger partial charge < -0.3 is 28.9 Å². The van der Waals surface area contributed by atoms with Crippen molar-refractivity contribution in [1.29, 1.82) is 0 Å². The van der Waals surface area contributed by atoms with Gasteiger partial charge in [-0.2, -0.15) is 0 Å². The molecule has 1 aliphatic heterocycles. The van der Waals surface area contributed by atoms with Crippen molar-refractivity contribution < 1.29 is 43.0 Å². The number of amides is 3. The van der Waals surface area contributed by atoms with E-state index < -0.39 is 89.8 Å². The molecule has 4 rings (SSSR count). The molecule has 3 aromatic rings. The monoisotopic (exact) mass is 783 g/mol. The van der Waals surface area contributed by atoms with E-state index in [9.17, 15) is 28.8 Å². The summed E-state index contributed by atoms with van der Waals surface area (Å²) in [6, 6.07) is 23.4. The number of esters is 3. The van der Waals surface area contributed by atoms with E-state index in [-0.39, 0.29) is 19.3 Å². The first-order chi connectivity index (χ1) is 27.0. The number of ether oxygens (including phenoxy) is 3. The van der Waals surface area contributed by atoms with Crippen LogP contribution in [0.1, 0.15) is 58.2 Å². The summed E-state index contributed by atoms with van der Waals surface area (Å²) >= 11 is 0. The maximum Gasteiger partial charge on any atom is 0.329 e. The molecule has 306 valence electrons. The van der Waals surface area contributed by atoms with Crippen molar-refractivity contribution >= 4 is 35.6 Å². The molecule has 12 heteroatoms. The number of nitrogens with zero attached hydrogens (tertiary/aromatic N) is 3. The normalized spacial score (nSPS) is 23.7. The highest BCUT2D eigenvalue weighted by atomic mass is 16.6. The lowest BCUT2D eigenvalue weighted by Gasteiger charge is -2.37. The predicted octanol–water partition coefficient (Wildman–Crippen LogP) is 4.91. The Kier molecular flexibility index (Phi) is 15.6. The fourth-order valence-corrected chi connectivity index (χ4v) is 6.74. The Hall–Kier alpha value is -5.52. The van der Waals surface area contributed by atoms with Crippen molar-refractivity contribution in [2.24, 2.45) is 17.8 Å². The second kappa shape index (κ2) is 20.1. The largest absolute Gasteiger partial charge is 0.450 e. The van der Waals surface area contributed by atoms with Crippen molar-refractivity contribution in [3.63, 3.8) is 0 Å². The molecule has 57 heavy (non-hydrogen) atoms. The van der Waals surface area contributed by atoms with Gasteiger partial charge in [-0.05, 0) is 34.4 Å². The molecule has 1 fully saturated rings. The first kappa shape index (κ1) is 44.2. The van der Waals surface area contributed by atoms with Crippen LogP contribution in [-0.2, 0) is 62.2 Å². The summed E-state index contributed by atoms with van der Waals surface area (Å²) in [5.74, 6) is -6.18. The molecule has 1 heterocycles. The van der Waals surface area contributed by atoms with Crippen molar-refractivity contribution in [2.45, 2.75) is 97.2 Å². The van der Waals surface area contributed by atoms with Crippen LogP contribution < -0.4 is 0 Å². The number of rotatable bonds is 9. The van der Waals surface area contributed by atoms with Gasteiger partial charge in [0.2, 0.25) is 0 Å². The molecule has 0 bridgehead atoms. The highest BCUT2D eigenvalue weighted by Gasteiger charge is 2.44. The van der Waals surface area contributed by atoms with Crippen LogP contribution in [-0.4, -0.2) is 108 Å². The van der Waals surface area contributed by atoms with Gasteiger partial charge in [-0.25, -0.2) is 14.4 Å². The van der Waals surface area contributed by atoms with Crippen LogP contribution in [0.5, 0.6) is 0 Å². The van der Waals surface area contributed by atoms with Gasteiger partial charge >= 0.3 is 17.9 Å². The number of carbonyl (C=O) groups is 6. The minimum atomic E-state index is -1.36. The van der Waals surface area contributed by atoms with Gasteiger partial charge in [0.05, 0.1) is 0 Å². The van der Waals surface area contributed by atoms with Crippen LogP contribution in [0.2, 0.25) is 0 Å². The lowest BCUT2D eigenvalue weighted by molar-refractivity contribution is -0.179. The van der Waals surface area contributed by atoms with Crippen LogP contribution >= 0.6 is 0 Å². The third-order valence-electron chi connectivity index (χ3n) is 10.4. The lowest BCUT2D eigenvalue weighted by atomic mass is 9.99. The second-order valence-electron chi connectivity index (χ2n) is 15.8. The molecule has 12 nitrogen and oxygen atoms in total. The fraction of sp³-hybridized carbons (Fsp3) is 0.467. The number of likely N-dealkylation sites (N-methyl/N-ethyl adjacent to an activating group) is 3. The van der Waals surface area contributed by atoms with E-state index >= 15 is 0 Å². The van der Waals surface area contributed by atoms with Gasteiger partial charge in [0.1, 0.15) is 18.1 Å². The van der Waals surface area contributed by atoms with Crippen LogP contribution in [0.25, 0.3) is 0 Å². The summed E-state index contributed by atoms with van der Waals surface area (Å²) in [5, 5.41) is 0. The molecular formula is C45H57N3O9. The zero-order chi connectivity index (χ0) is 42.0. The van der Waals surface area contributed by atoms with Gasteiger partial charge in [-0.15, -0.1) is 0 Å². The third-order valence-corrected chi connectivity index (χ3v) is 10.4. The van der Waals surface area contributed by atoms with Gasteiger partial charge in [0, 0.05) is 40.4 Å². The van der Waals surface area contributed by atoms with Crippen LogP contribution in [0.4, 0.5) is 0 Å². The van der Waals surface area contributed by atoms with E-state index in [1.165, 1.54) is 35.8 Å². The Labute approximate surface area is 336 Å². The molecule has 0 radical (unpaired) electrons. The Balaban J connectivity index is 1.88. The highest BCUT2D eigenvalue weighted by molar-refractivity contribution is 5.94. The van der Waals surface area contributed by atoms with Crippen LogP contribution in [0, 0.1) is 17.8 Å². The van der Waals surface area contributed by atoms with E-state index in [1.807, 2.05) is 18.2 Å². The number of hydrogen-bond donors (Lipinski definition) is 0. The number of carbonyl (C=O) groups excluding carboxylic acids is 6. The maximum atomic E-state index is 14.4. The van der Waals surface area contributed by atoms with Crippen LogP contribution in [0.3, 0.4) is 0 Å². The molecule has 0 spiro atoms. The highest BCUT2D eigenvalue weighted by Crippen LogP contribution is 2.24. The minimum absolute atomic E-state index is 0.0307. The first-order valence-electron chi connectivity index (χ1n) is 19.5. The van der Waals surface area contributed by atoms with Gasteiger partial charge in [0.15, 0.2) is 18.3 Å². The maximum absolute atomic E-state index is 14.4. The number of cyclic esters (lactones) is 3. The summed E-state index contributed by atoms with van der Waals surface area (Å²) in [6.45, 7) is 10.3. The third kappa shape index (κ3) is 11.3. The van der Waals surface area contributed by atoms with Crippen molar-refractivity contribution in [3.05, 3.63) is 108 Å². The fourth-order valence-electron chi connectivity index (χ4n) is 6.74. The van der Waals surface area contributed by atoms with Gasteiger partial charge in [0.25, 0.3) is 17.7 Å². The molecule has 3 aromatic carbocycles. The van der Waals surface area contributed by atoms with E-state index in [1.54, 1.807) is 114 Å². The Morgan fingerprint density at radius 1 is 0.404 bits per heavy atom.